The van der Waals surface area contributed by atoms with E-state index < -0.39 is 11.6 Å². The molecule has 0 spiro atoms. The molecule has 0 saturated carbocycles. The molecule has 0 radical (unpaired) electrons. The molecule has 1 aliphatic rings. The van der Waals surface area contributed by atoms with Gasteiger partial charge in [-0.2, -0.15) is 0 Å². The number of allylic oxidation sites excluding steroid dienone is 1. The Morgan fingerprint density at radius 1 is 0.895 bits per heavy atom. The van der Waals surface area contributed by atoms with Gasteiger partial charge in [-0.15, -0.1) is 0 Å². The van der Waals surface area contributed by atoms with Crippen molar-refractivity contribution in [3.63, 3.8) is 0 Å². The maximum Gasteiger partial charge on any atom is 0.201 e. The van der Waals surface area contributed by atoms with Crippen LogP contribution >= 0.6 is 15.9 Å². The second-order valence-electron chi connectivity index (χ2n) is 4.19. The molecule has 0 atom stereocenters. The number of halogens is 3. The zero-order chi connectivity index (χ0) is 13.6. The van der Waals surface area contributed by atoms with Gasteiger partial charge in [-0.1, -0.05) is 24.3 Å². The topological polar surface area (TPSA) is 17.1 Å². The van der Waals surface area contributed by atoms with Gasteiger partial charge in [0.1, 0.15) is 11.6 Å². The van der Waals surface area contributed by atoms with Gasteiger partial charge in [0.2, 0.25) is 5.78 Å². The molecule has 3 rings (SSSR count). The average Bonchev–Trinajstić information content (AvgIpc) is 2.64. The van der Waals surface area contributed by atoms with Crippen LogP contribution in [0.1, 0.15) is 21.5 Å². The standard InChI is InChI=1S/C15H7BrF2O/c16-14-13(11-6-5-8(17)7-12(11)18)9-3-1-2-4-10(9)15(14)19/h1-7H. The summed E-state index contributed by atoms with van der Waals surface area (Å²) >= 11 is 3.21. The quantitative estimate of drug-likeness (QED) is 0.765. The van der Waals surface area contributed by atoms with Crippen molar-refractivity contribution in [3.05, 3.63) is 75.3 Å². The van der Waals surface area contributed by atoms with Crippen LogP contribution < -0.4 is 0 Å². The van der Waals surface area contributed by atoms with E-state index in [1.807, 2.05) is 0 Å². The number of carbonyl (C=O) groups is 1. The van der Waals surface area contributed by atoms with Gasteiger partial charge in [0.25, 0.3) is 0 Å². The molecule has 0 heterocycles. The van der Waals surface area contributed by atoms with Crippen molar-refractivity contribution in [1.82, 2.24) is 0 Å². The van der Waals surface area contributed by atoms with E-state index in [0.29, 0.717) is 21.2 Å². The number of ketones is 1. The molecule has 0 unspecified atom stereocenters. The lowest BCUT2D eigenvalue weighted by Gasteiger charge is -2.07. The molecule has 1 nitrogen and oxygen atoms in total. The summed E-state index contributed by atoms with van der Waals surface area (Å²) in [5, 5.41) is 0. The number of rotatable bonds is 1. The Kier molecular flexibility index (Phi) is 2.82. The molecule has 0 saturated heterocycles. The van der Waals surface area contributed by atoms with Gasteiger partial charge < -0.3 is 0 Å². The van der Waals surface area contributed by atoms with Crippen LogP contribution in [-0.2, 0) is 0 Å². The van der Waals surface area contributed by atoms with Gasteiger partial charge in [-0.25, -0.2) is 8.78 Å². The zero-order valence-electron chi connectivity index (χ0n) is 9.58. The minimum atomic E-state index is -0.684. The summed E-state index contributed by atoms with van der Waals surface area (Å²) in [7, 11) is 0. The Bertz CT molecular complexity index is 735. The second-order valence-corrected chi connectivity index (χ2v) is 4.98. The normalized spacial score (nSPS) is 13.9. The third kappa shape index (κ3) is 1.83. The minimum Gasteiger partial charge on any atom is -0.288 e. The first-order valence-corrected chi connectivity index (χ1v) is 6.38. The number of benzene rings is 2. The van der Waals surface area contributed by atoms with Gasteiger partial charge in [0.15, 0.2) is 0 Å². The number of fused-ring (bicyclic) bond motifs is 1. The molecular weight excluding hydrogens is 314 g/mol. The van der Waals surface area contributed by atoms with Crippen LogP contribution in [0.25, 0.3) is 5.57 Å². The second kappa shape index (κ2) is 4.38. The fourth-order valence-corrected chi connectivity index (χ4v) is 2.85. The Morgan fingerprint density at radius 2 is 1.58 bits per heavy atom. The van der Waals surface area contributed by atoms with Crippen molar-refractivity contribution in [3.8, 4) is 0 Å². The Labute approximate surface area is 116 Å². The molecule has 0 fully saturated rings. The number of carbonyl (C=O) groups excluding carboxylic acids is 1. The van der Waals surface area contributed by atoms with Crippen molar-refractivity contribution in [2.75, 3.05) is 0 Å². The van der Waals surface area contributed by atoms with Crippen molar-refractivity contribution >= 4 is 27.3 Å². The Morgan fingerprint density at radius 3 is 2.26 bits per heavy atom. The molecule has 19 heavy (non-hydrogen) atoms. The molecule has 4 heteroatoms. The maximum absolute atomic E-state index is 13.9. The number of hydrogen-bond acceptors (Lipinski definition) is 1. The van der Waals surface area contributed by atoms with Gasteiger partial charge in [0.05, 0.1) is 4.48 Å². The van der Waals surface area contributed by atoms with Gasteiger partial charge in [-0.05, 0) is 33.6 Å². The molecule has 0 N–H and O–H groups in total. The van der Waals surface area contributed by atoms with E-state index in [2.05, 4.69) is 15.9 Å². The van der Waals surface area contributed by atoms with Crippen LogP contribution in [0.2, 0.25) is 0 Å². The molecule has 94 valence electrons. The van der Waals surface area contributed by atoms with E-state index in [9.17, 15) is 13.6 Å². The summed E-state index contributed by atoms with van der Waals surface area (Å²) < 4.78 is 27.2. The van der Waals surface area contributed by atoms with Crippen LogP contribution in [0.3, 0.4) is 0 Å². The summed E-state index contributed by atoms with van der Waals surface area (Å²) in [5.74, 6) is -1.51. The average molecular weight is 321 g/mol. The number of Topliss-reactive ketones (excluding diaryl/α,β-unsaturated/α-hetero) is 1. The van der Waals surface area contributed by atoms with Crippen LogP contribution in [-0.4, -0.2) is 5.78 Å². The van der Waals surface area contributed by atoms with Crippen LogP contribution in [0, 0.1) is 11.6 Å². The summed E-state index contributed by atoms with van der Waals surface area (Å²) in [5.41, 5.74) is 1.86. The SMILES string of the molecule is O=C1C(Br)=C(c2ccc(F)cc2F)c2ccccc21. The predicted molar refractivity (Wildman–Crippen MR) is 72.1 cm³/mol. The van der Waals surface area contributed by atoms with E-state index in [4.69, 9.17) is 0 Å². The van der Waals surface area contributed by atoms with Crippen LogP contribution in [0.15, 0.2) is 46.9 Å². The van der Waals surface area contributed by atoms with E-state index in [1.165, 1.54) is 12.1 Å². The van der Waals surface area contributed by atoms with E-state index in [-0.39, 0.29) is 11.3 Å². The fraction of sp³-hybridized carbons (Fsp3) is 0. The lowest BCUT2D eigenvalue weighted by molar-refractivity contribution is 0.104. The predicted octanol–water partition coefficient (Wildman–Crippen LogP) is 4.32. The summed E-state index contributed by atoms with van der Waals surface area (Å²) in [4.78, 5) is 12.1. The largest absolute Gasteiger partial charge is 0.288 e. The first-order valence-electron chi connectivity index (χ1n) is 5.59. The highest BCUT2D eigenvalue weighted by Crippen LogP contribution is 2.40. The first kappa shape index (κ1) is 12.2. The number of hydrogen-bond donors (Lipinski definition) is 0. The van der Waals surface area contributed by atoms with E-state index >= 15 is 0 Å². The molecule has 0 aromatic heterocycles. The van der Waals surface area contributed by atoms with Crippen LogP contribution in [0.5, 0.6) is 0 Å². The smallest absolute Gasteiger partial charge is 0.201 e. The highest BCUT2D eigenvalue weighted by molar-refractivity contribution is 9.12. The van der Waals surface area contributed by atoms with Crippen molar-refractivity contribution < 1.29 is 13.6 Å². The molecular formula is C15H7BrF2O. The van der Waals surface area contributed by atoms with E-state index in [1.54, 1.807) is 24.3 Å². The van der Waals surface area contributed by atoms with Crippen molar-refractivity contribution in [2.45, 2.75) is 0 Å². The molecule has 1 aliphatic carbocycles. The zero-order valence-corrected chi connectivity index (χ0v) is 11.2. The molecule has 2 aromatic rings. The molecule has 0 amide bonds. The Hall–Kier alpha value is -1.81. The molecule has 0 bridgehead atoms. The Balaban J connectivity index is 2.28. The molecule has 0 aliphatic heterocycles. The summed E-state index contributed by atoms with van der Waals surface area (Å²) in [6, 6.07) is 10.3. The van der Waals surface area contributed by atoms with E-state index in [0.717, 1.165) is 6.07 Å². The third-order valence-electron chi connectivity index (χ3n) is 3.06. The summed E-state index contributed by atoms with van der Waals surface area (Å²) in [6.45, 7) is 0. The summed E-state index contributed by atoms with van der Waals surface area (Å²) in [6.07, 6.45) is 0. The minimum absolute atomic E-state index is 0.186. The monoisotopic (exact) mass is 320 g/mol. The highest BCUT2D eigenvalue weighted by Gasteiger charge is 2.29. The third-order valence-corrected chi connectivity index (χ3v) is 3.82. The lowest BCUT2D eigenvalue weighted by Crippen LogP contribution is -1.92. The molecule has 2 aromatic carbocycles. The van der Waals surface area contributed by atoms with Gasteiger partial charge in [0, 0.05) is 22.8 Å². The van der Waals surface area contributed by atoms with Gasteiger partial charge >= 0.3 is 0 Å². The van der Waals surface area contributed by atoms with Crippen molar-refractivity contribution in [1.29, 1.82) is 0 Å². The maximum atomic E-state index is 13.9. The fourth-order valence-electron chi connectivity index (χ4n) is 2.20. The first-order chi connectivity index (χ1) is 9.09. The van der Waals surface area contributed by atoms with Crippen molar-refractivity contribution in [2.24, 2.45) is 0 Å². The van der Waals surface area contributed by atoms with Gasteiger partial charge in [-0.3, -0.25) is 4.79 Å². The lowest BCUT2D eigenvalue weighted by atomic mass is 9.99. The van der Waals surface area contributed by atoms with Crippen LogP contribution in [0.4, 0.5) is 8.78 Å². The highest BCUT2D eigenvalue weighted by atomic mass is 79.9.